The van der Waals surface area contributed by atoms with E-state index in [-0.39, 0.29) is 17.7 Å². The molecule has 1 amide bonds. The molecule has 0 aliphatic heterocycles. The summed E-state index contributed by atoms with van der Waals surface area (Å²) in [4.78, 5) is 17.2. The monoisotopic (exact) mass is 538 g/mol. The number of rotatable bonds is 11. The molecule has 0 saturated heterocycles. The van der Waals surface area contributed by atoms with Gasteiger partial charge >= 0.3 is 0 Å². The molecule has 0 saturated carbocycles. The number of nitrogens with zero attached hydrogens (tertiary/aromatic N) is 4. The van der Waals surface area contributed by atoms with Gasteiger partial charge in [-0.15, -0.1) is 0 Å². The van der Waals surface area contributed by atoms with Crippen LogP contribution in [0.2, 0.25) is 0 Å². The van der Waals surface area contributed by atoms with Gasteiger partial charge < -0.3 is 10.0 Å². The van der Waals surface area contributed by atoms with Gasteiger partial charge in [0.1, 0.15) is 11.8 Å². The number of amides is 1. The lowest BCUT2D eigenvalue weighted by atomic mass is 9.95. The zero-order chi connectivity index (χ0) is 28.8. The van der Waals surface area contributed by atoms with Crippen molar-refractivity contribution in [1.82, 2.24) is 19.6 Å². The largest absolute Gasteiger partial charge is 0.508 e. The molecule has 0 spiro atoms. The van der Waals surface area contributed by atoms with E-state index in [1.54, 1.807) is 12.1 Å². The van der Waals surface area contributed by atoms with Crippen molar-refractivity contribution in [3.63, 3.8) is 0 Å². The van der Waals surface area contributed by atoms with Gasteiger partial charge in [0.15, 0.2) is 0 Å². The fourth-order valence-corrected chi connectivity index (χ4v) is 5.57. The molecular formula is C34H42N4O2. The molecule has 40 heavy (non-hydrogen) atoms. The second-order valence-corrected chi connectivity index (χ2v) is 10.2. The van der Waals surface area contributed by atoms with Crippen LogP contribution in [0.3, 0.4) is 0 Å². The minimum atomic E-state index is -0.271. The third-order valence-corrected chi connectivity index (χ3v) is 7.85. The van der Waals surface area contributed by atoms with E-state index < -0.39 is 0 Å². The van der Waals surface area contributed by atoms with E-state index in [9.17, 15) is 9.90 Å². The zero-order valence-corrected chi connectivity index (χ0v) is 24.7. The van der Waals surface area contributed by atoms with Crippen molar-refractivity contribution in [3.8, 4) is 16.9 Å². The highest BCUT2D eigenvalue weighted by Gasteiger charge is 2.25. The summed E-state index contributed by atoms with van der Waals surface area (Å²) in [5, 5.41) is 15.5. The molecule has 1 N–H and O–H groups in total. The molecule has 1 aromatic heterocycles. The molecule has 1 atom stereocenters. The smallest absolute Gasteiger partial charge is 0.253 e. The highest BCUT2D eigenvalue weighted by atomic mass is 16.3. The average Bonchev–Trinajstić information content (AvgIpc) is 3.25. The maximum atomic E-state index is 13.0. The van der Waals surface area contributed by atoms with E-state index in [1.807, 2.05) is 55.1 Å². The molecule has 1 heterocycles. The first kappa shape index (κ1) is 29.1. The SMILES string of the molecule is CCN(CC)Cc1ccccc1-c1c(C)nn(C(c2ccc(C(=O)N(CC)CC)cc2)c2cccc(O)c2)c1C. The Bertz CT molecular complexity index is 1430. The number of aryl methyl sites for hydroxylation is 1. The highest BCUT2D eigenvalue weighted by molar-refractivity contribution is 5.94. The summed E-state index contributed by atoms with van der Waals surface area (Å²) in [6.45, 7) is 16.8. The van der Waals surface area contributed by atoms with Gasteiger partial charge in [-0.05, 0) is 87.3 Å². The molecule has 0 bridgehead atoms. The highest BCUT2D eigenvalue weighted by Crippen LogP contribution is 2.36. The van der Waals surface area contributed by atoms with Gasteiger partial charge in [-0.1, -0.05) is 62.4 Å². The number of phenols is 1. The number of aromatic nitrogens is 2. The Morgan fingerprint density at radius 3 is 2.15 bits per heavy atom. The summed E-state index contributed by atoms with van der Waals surface area (Å²) in [6, 6.07) is 23.5. The van der Waals surface area contributed by atoms with Crippen LogP contribution in [0.25, 0.3) is 11.1 Å². The van der Waals surface area contributed by atoms with Crippen molar-refractivity contribution in [2.75, 3.05) is 26.2 Å². The Morgan fingerprint density at radius 1 is 0.850 bits per heavy atom. The van der Waals surface area contributed by atoms with Crippen molar-refractivity contribution in [3.05, 3.63) is 106 Å². The Balaban J connectivity index is 1.83. The number of benzene rings is 3. The summed E-state index contributed by atoms with van der Waals surface area (Å²) in [7, 11) is 0. The third-order valence-electron chi connectivity index (χ3n) is 7.85. The fourth-order valence-electron chi connectivity index (χ4n) is 5.57. The van der Waals surface area contributed by atoms with Gasteiger partial charge in [0.25, 0.3) is 5.91 Å². The molecule has 3 aromatic carbocycles. The average molecular weight is 539 g/mol. The first-order chi connectivity index (χ1) is 19.3. The molecule has 0 aliphatic carbocycles. The first-order valence-electron chi connectivity index (χ1n) is 14.4. The minimum absolute atomic E-state index is 0.0312. The molecule has 0 aliphatic rings. The van der Waals surface area contributed by atoms with Crippen molar-refractivity contribution < 1.29 is 9.90 Å². The number of carbonyl (C=O) groups excluding carboxylic acids is 1. The van der Waals surface area contributed by atoms with Gasteiger partial charge in [-0.25, -0.2) is 0 Å². The molecule has 6 heteroatoms. The zero-order valence-electron chi connectivity index (χ0n) is 24.7. The third kappa shape index (κ3) is 5.97. The lowest BCUT2D eigenvalue weighted by Crippen LogP contribution is -2.30. The molecule has 210 valence electrons. The number of hydrogen-bond acceptors (Lipinski definition) is 4. The van der Waals surface area contributed by atoms with Gasteiger partial charge in [0.2, 0.25) is 0 Å². The molecule has 6 nitrogen and oxygen atoms in total. The van der Waals surface area contributed by atoms with E-state index >= 15 is 0 Å². The summed E-state index contributed by atoms with van der Waals surface area (Å²) < 4.78 is 2.06. The van der Waals surface area contributed by atoms with Crippen molar-refractivity contribution in [2.45, 2.75) is 54.1 Å². The van der Waals surface area contributed by atoms with Gasteiger partial charge in [-0.2, -0.15) is 5.10 Å². The fraction of sp³-hybridized carbons (Fsp3) is 0.353. The summed E-state index contributed by atoms with van der Waals surface area (Å²) in [5.41, 5.74) is 8.23. The standard InChI is InChI=1S/C34H42N4O2/c1-7-36(8-2)23-29-14-11-12-17-31(29)32-24(5)35-38(25(32)6)33(28-15-13-16-30(39)22-28)26-18-20-27(21-19-26)34(40)37(9-3)10-4/h11-22,33,39H,7-10,23H2,1-6H3. The number of hydrogen-bond donors (Lipinski definition) is 1. The Kier molecular flexibility index (Phi) is 9.43. The maximum absolute atomic E-state index is 13.0. The van der Waals surface area contributed by atoms with Crippen molar-refractivity contribution >= 4 is 5.91 Å². The number of phenolic OH excluding ortho intramolecular Hbond substituents is 1. The maximum Gasteiger partial charge on any atom is 0.253 e. The minimum Gasteiger partial charge on any atom is -0.508 e. The molecular weight excluding hydrogens is 496 g/mol. The van der Waals surface area contributed by atoms with E-state index in [0.717, 1.165) is 47.7 Å². The summed E-state index contributed by atoms with van der Waals surface area (Å²) in [6.07, 6.45) is 0. The van der Waals surface area contributed by atoms with Crippen molar-refractivity contribution in [1.29, 1.82) is 0 Å². The van der Waals surface area contributed by atoms with Crippen LogP contribution in [0.4, 0.5) is 0 Å². The molecule has 4 aromatic rings. The van der Waals surface area contributed by atoms with Crippen LogP contribution in [0.5, 0.6) is 5.75 Å². The number of carbonyl (C=O) groups is 1. The predicted octanol–water partition coefficient (Wildman–Crippen LogP) is 6.83. The van der Waals surface area contributed by atoms with Crippen LogP contribution in [-0.4, -0.2) is 56.8 Å². The quantitative estimate of drug-likeness (QED) is 0.227. The normalized spacial score (nSPS) is 12.1. The lowest BCUT2D eigenvalue weighted by molar-refractivity contribution is 0.0773. The Morgan fingerprint density at radius 2 is 1.52 bits per heavy atom. The van der Waals surface area contributed by atoms with Crippen LogP contribution in [0, 0.1) is 13.8 Å². The second-order valence-electron chi connectivity index (χ2n) is 10.2. The van der Waals surface area contributed by atoms with Crippen LogP contribution in [0.1, 0.15) is 72.2 Å². The van der Waals surface area contributed by atoms with Gasteiger partial charge in [0.05, 0.1) is 5.69 Å². The van der Waals surface area contributed by atoms with Crippen LogP contribution in [-0.2, 0) is 6.54 Å². The molecule has 1 unspecified atom stereocenters. The van der Waals surface area contributed by atoms with E-state index in [2.05, 4.69) is 61.5 Å². The molecule has 0 radical (unpaired) electrons. The summed E-state index contributed by atoms with van der Waals surface area (Å²) >= 11 is 0. The lowest BCUT2D eigenvalue weighted by Gasteiger charge is -2.23. The summed E-state index contributed by atoms with van der Waals surface area (Å²) in [5.74, 6) is 0.241. The van der Waals surface area contributed by atoms with E-state index in [4.69, 9.17) is 5.10 Å². The topological polar surface area (TPSA) is 61.6 Å². The first-order valence-corrected chi connectivity index (χ1v) is 14.4. The molecule has 0 fully saturated rings. The van der Waals surface area contributed by atoms with Gasteiger partial charge in [-0.3, -0.25) is 14.4 Å². The van der Waals surface area contributed by atoms with Crippen LogP contribution < -0.4 is 0 Å². The van der Waals surface area contributed by atoms with E-state index in [0.29, 0.717) is 18.7 Å². The van der Waals surface area contributed by atoms with Crippen LogP contribution >= 0.6 is 0 Å². The van der Waals surface area contributed by atoms with Crippen molar-refractivity contribution in [2.24, 2.45) is 0 Å². The van der Waals surface area contributed by atoms with Gasteiger partial charge in [0, 0.05) is 36.5 Å². The Labute approximate surface area is 238 Å². The van der Waals surface area contributed by atoms with Crippen LogP contribution in [0.15, 0.2) is 72.8 Å². The molecule has 4 rings (SSSR count). The predicted molar refractivity (Wildman–Crippen MR) is 163 cm³/mol. The van der Waals surface area contributed by atoms with E-state index in [1.165, 1.54) is 11.1 Å². The number of aromatic hydroxyl groups is 1. The Hall–Kier alpha value is -3.90. The second kappa shape index (κ2) is 13.0.